The van der Waals surface area contributed by atoms with E-state index < -0.39 is 0 Å². The molecule has 2 heterocycles. The van der Waals surface area contributed by atoms with Crippen LogP contribution in [0.25, 0.3) is 5.69 Å². The van der Waals surface area contributed by atoms with Gasteiger partial charge in [-0.2, -0.15) is 0 Å². The summed E-state index contributed by atoms with van der Waals surface area (Å²) in [4.78, 5) is 1.32. The second-order valence-corrected chi connectivity index (χ2v) is 6.19. The lowest BCUT2D eigenvalue weighted by Crippen LogP contribution is -2.10. The third-order valence-electron chi connectivity index (χ3n) is 3.84. The first-order chi connectivity index (χ1) is 10.4. The zero-order valence-corrected chi connectivity index (χ0v) is 12.5. The first kappa shape index (κ1) is 12.6. The number of para-hydroxylation sites is 1. The molecule has 3 heteroatoms. The third-order valence-corrected chi connectivity index (χ3v) is 5.19. The molecular formula is C18H15NOS. The van der Waals surface area contributed by atoms with Gasteiger partial charge in [-0.15, -0.1) is 11.8 Å². The van der Waals surface area contributed by atoms with Crippen molar-refractivity contribution < 1.29 is 4.74 Å². The highest BCUT2D eigenvalue weighted by molar-refractivity contribution is 8.00. The zero-order chi connectivity index (χ0) is 14.2. The number of aromatic nitrogens is 1. The average molecular weight is 293 g/mol. The molecule has 0 fully saturated rings. The van der Waals surface area contributed by atoms with Gasteiger partial charge in [0.15, 0.2) is 0 Å². The van der Waals surface area contributed by atoms with Gasteiger partial charge in [-0.25, -0.2) is 0 Å². The first-order valence-electron chi connectivity index (χ1n) is 6.94. The number of fused-ring (bicyclic) bond motifs is 3. The van der Waals surface area contributed by atoms with Gasteiger partial charge in [0, 0.05) is 16.8 Å². The molecule has 4 rings (SSSR count). The standard InChI is InChI=1S/C18H15NOS/c1-20-14-10-8-13(9-11-14)18-16-6-4-12-19(16)15-5-2-3-7-17(15)21-18/h2-12,18H,1H3/t18-/m0/s1. The maximum Gasteiger partial charge on any atom is 0.118 e. The fourth-order valence-electron chi connectivity index (χ4n) is 2.79. The van der Waals surface area contributed by atoms with Crippen molar-refractivity contribution >= 4 is 11.8 Å². The highest BCUT2D eigenvalue weighted by Gasteiger charge is 2.25. The molecule has 1 aliphatic rings. The van der Waals surface area contributed by atoms with E-state index in [1.54, 1.807) is 7.11 Å². The Morgan fingerprint density at radius 3 is 2.57 bits per heavy atom. The minimum absolute atomic E-state index is 0.320. The minimum Gasteiger partial charge on any atom is -0.497 e. The molecule has 2 nitrogen and oxygen atoms in total. The van der Waals surface area contributed by atoms with Crippen LogP contribution in [0.4, 0.5) is 0 Å². The van der Waals surface area contributed by atoms with Crippen LogP contribution < -0.4 is 4.74 Å². The van der Waals surface area contributed by atoms with E-state index in [4.69, 9.17) is 4.74 Å². The molecule has 0 aliphatic carbocycles. The van der Waals surface area contributed by atoms with Gasteiger partial charge in [0.2, 0.25) is 0 Å². The molecule has 0 unspecified atom stereocenters. The maximum atomic E-state index is 5.26. The van der Waals surface area contributed by atoms with E-state index in [1.807, 2.05) is 23.9 Å². The van der Waals surface area contributed by atoms with Gasteiger partial charge in [0.05, 0.1) is 18.0 Å². The van der Waals surface area contributed by atoms with E-state index in [-0.39, 0.29) is 0 Å². The van der Waals surface area contributed by atoms with Gasteiger partial charge in [-0.3, -0.25) is 0 Å². The first-order valence-corrected chi connectivity index (χ1v) is 7.82. The van der Waals surface area contributed by atoms with E-state index in [9.17, 15) is 0 Å². The van der Waals surface area contributed by atoms with Gasteiger partial charge in [0.25, 0.3) is 0 Å². The van der Waals surface area contributed by atoms with Crippen LogP contribution in [0.2, 0.25) is 0 Å². The summed E-state index contributed by atoms with van der Waals surface area (Å²) < 4.78 is 7.55. The second-order valence-electron chi connectivity index (χ2n) is 5.04. The summed E-state index contributed by atoms with van der Waals surface area (Å²) in [5.41, 5.74) is 3.89. The van der Waals surface area contributed by atoms with E-state index in [0.29, 0.717) is 5.25 Å². The predicted octanol–water partition coefficient (Wildman–Crippen LogP) is 4.68. The normalized spacial score (nSPS) is 16.1. The zero-order valence-electron chi connectivity index (χ0n) is 11.7. The third kappa shape index (κ3) is 2.05. The van der Waals surface area contributed by atoms with E-state index in [0.717, 1.165) is 5.75 Å². The summed E-state index contributed by atoms with van der Waals surface area (Å²) in [6.45, 7) is 0. The van der Waals surface area contributed by atoms with Crippen LogP contribution in [0.3, 0.4) is 0 Å². The van der Waals surface area contributed by atoms with Crippen molar-refractivity contribution in [2.75, 3.05) is 7.11 Å². The Morgan fingerprint density at radius 2 is 1.76 bits per heavy atom. The van der Waals surface area contributed by atoms with Gasteiger partial charge in [-0.1, -0.05) is 24.3 Å². The molecule has 0 bridgehead atoms. The Bertz CT molecular complexity index is 776. The summed E-state index contributed by atoms with van der Waals surface area (Å²) in [6.07, 6.45) is 2.14. The van der Waals surface area contributed by atoms with Crippen LogP contribution >= 0.6 is 11.8 Å². The molecule has 3 aromatic rings. The van der Waals surface area contributed by atoms with Crippen LogP contribution in [0.1, 0.15) is 16.5 Å². The predicted molar refractivity (Wildman–Crippen MR) is 86.5 cm³/mol. The number of rotatable bonds is 2. The molecule has 1 atom stereocenters. The average Bonchev–Trinajstić information content (AvgIpc) is 3.04. The van der Waals surface area contributed by atoms with Gasteiger partial charge >= 0.3 is 0 Å². The molecule has 21 heavy (non-hydrogen) atoms. The Labute approximate surface area is 128 Å². The lowest BCUT2D eigenvalue weighted by Gasteiger charge is -2.27. The summed E-state index contributed by atoms with van der Waals surface area (Å²) in [5.74, 6) is 0.898. The largest absolute Gasteiger partial charge is 0.497 e. The lowest BCUT2D eigenvalue weighted by molar-refractivity contribution is 0.414. The van der Waals surface area contributed by atoms with Crippen molar-refractivity contribution in [3.63, 3.8) is 0 Å². The monoisotopic (exact) mass is 293 g/mol. The number of methoxy groups -OCH3 is 1. The Hall–Kier alpha value is -2.13. The fourth-order valence-corrected chi connectivity index (χ4v) is 4.09. The molecule has 104 valence electrons. The molecule has 0 spiro atoms. The number of hydrogen-bond acceptors (Lipinski definition) is 2. The van der Waals surface area contributed by atoms with Crippen LogP contribution in [0.15, 0.2) is 71.8 Å². The molecule has 0 amide bonds. The highest BCUT2D eigenvalue weighted by atomic mass is 32.2. The van der Waals surface area contributed by atoms with Crippen molar-refractivity contribution in [1.82, 2.24) is 4.57 Å². The SMILES string of the molecule is COc1ccc([C@@H]2Sc3ccccc3-n3cccc32)cc1. The van der Waals surface area contributed by atoms with Crippen molar-refractivity contribution in [1.29, 1.82) is 0 Å². The quantitative estimate of drug-likeness (QED) is 0.681. The number of benzene rings is 2. The molecule has 0 N–H and O–H groups in total. The van der Waals surface area contributed by atoms with E-state index in [1.165, 1.54) is 21.8 Å². The Balaban J connectivity index is 1.81. The Morgan fingerprint density at radius 1 is 0.952 bits per heavy atom. The Kier molecular flexibility index (Phi) is 3.00. The van der Waals surface area contributed by atoms with Crippen molar-refractivity contribution in [2.24, 2.45) is 0 Å². The molecule has 2 aromatic carbocycles. The van der Waals surface area contributed by atoms with Crippen LogP contribution in [0, 0.1) is 0 Å². The number of hydrogen-bond donors (Lipinski definition) is 0. The number of ether oxygens (including phenoxy) is 1. The fraction of sp³-hybridized carbons (Fsp3) is 0.111. The summed E-state index contributed by atoms with van der Waals surface area (Å²) in [7, 11) is 1.70. The molecule has 0 radical (unpaired) electrons. The molecule has 1 aromatic heterocycles. The van der Waals surface area contributed by atoms with Crippen molar-refractivity contribution in [3.05, 3.63) is 78.1 Å². The van der Waals surface area contributed by atoms with Crippen LogP contribution in [-0.2, 0) is 0 Å². The van der Waals surface area contributed by atoms with E-state index in [2.05, 4.69) is 59.3 Å². The van der Waals surface area contributed by atoms with Crippen LogP contribution in [0.5, 0.6) is 5.75 Å². The minimum atomic E-state index is 0.320. The van der Waals surface area contributed by atoms with Gasteiger partial charge < -0.3 is 9.30 Å². The summed E-state index contributed by atoms with van der Waals surface area (Å²) in [5, 5.41) is 0.320. The van der Waals surface area contributed by atoms with Gasteiger partial charge in [-0.05, 0) is 42.0 Å². The van der Waals surface area contributed by atoms with Crippen molar-refractivity contribution in [3.8, 4) is 11.4 Å². The smallest absolute Gasteiger partial charge is 0.118 e. The number of thioether (sulfide) groups is 1. The second kappa shape index (κ2) is 5.01. The van der Waals surface area contributed by atoms with E-state index >= 15 is 0 Å². The molecule has 1 aliphatic heterocycles. The lowest BCUT2D eigenvalue weighted by atomic mass is 10.1. The maximum absolute atomic E-state index is 5.26. The summed E-state index contributed by atoms with van der Waals surface area (Å²) in [6, 6.07) is 21.3. The molecule has 0 saturated heterocycles. The molecule has 0 saturated carbocycles. The topological polar surface area (TPSA) is 14.2 Å². The summed E-state index contributed by atoms with van der Waals surface area (Å²) >= 11 is 1.91. The molecular weight excluding hydrogens is 278 g/mol. The number of nitrogens with zero attached hydrogens (tertiary/aromatic N) is 1. The highest BCUT2D eigenvalue weighted by Crippen LogP contribution is 2.47. The van der Waals surface area contributed by atoms with Crippen molar-refractivity contribution in [2.45, 2.75) is 10.1 Å². The van der Waals surface area contributed by atoms with Crippen LogP contribution in [-0.4, -0.2) is 11.7 Å². The van der Waals surface area contributed by atoms with Gasteiger partial charge in [0.1, 0.15) is 5.75 Å².